The van der Waals surface area contributed by atoms with Crippen LogP contribution in [0.15, 0.2) is 42.6 Å². The van der Waals surface area contributed by atoms with Crippen molar-refractivity contribution in [1.29, 1.82) is 0 Å². The van der Waals surface area contributed by atoms with E-state index in [1.807, 2.05) is 37.2 Å². The number of rotatable bonds is 4. The van der Waals surface area contributed by atoms with Gasteiger partial charge in [0.15, 0.2) is 0 Å². The highest BCUT2D eigenvalue weighted by molar-refractivity contribution is 5.62. The summed E-state index contributed by atoms with van der Waals surface area (Å²) in [5, 5.41) is 3.06. The molecule has 0 unspecified atom stereocenters. The van der Waals surface area contributed by atoms with Gasteiger partial charge in [-0.1, -0.05) is 6.07 Å². The number of benzene rings is 1. The van der Waals surface area contributed by atoms with E-state index in [-0.39, 0.29) is 5.82 Å². The maximum atomic E-state index is 13.2. The third-order valence-corrected chi connectivity index (χ3v) is 2.74. The summed E-state index contributed by atoms with van der Waals surface area (Å²) in [7, 11) is 3.79. The van der Waals surface area contributed by atoms with E-state index in [1.165, 1.54) is 12.1 Å². The Bertz CT molecular complexity index is 528. The number of aromatic nitrogens is 1. The lowest BCUT2D eigenvalue weighted by molar-refractivity contribution is 0.628. The van der Waals surface area contributed by atoms with Gasteiger partial charge in [0.1, 0.15) is 5.82 Å². The van der Waals surface area contributed by atoms with Crippen LogP contribution in [0.5, 0.6) is 0 Å². The maximum absolute atomic E-state index is 13.2. The minimum atomic E-state index is -0.233. The summed E-state index contributed by atoms with van der Waals surface area (Å²) in [6.45, 7) is 0.713. The first-order valence-corrected chi connectivity index (χ1v) is 5.79. The van der Waals surface area contributed by atoms with E-state index < -0.39 is 0 Å². The number of halogens is 1. The van der Waals surface area contributed by atoms with Crippen LogP contribution in [0.2, 0.25) is 0 Å². The fraction of sp³-hybridized carbons (Fsp3) is 0.214. The van der Waals surface area contributed by atoms with Gasteiger partial charge in [0.05, 0.1) is 5.69 Å². The summed E-state index contributed by atoms with van der Waals surface area (Å²) in [4.78, 5) is 6.19. The van der Waals surface area contributed by atoms with Crippen molar-refractivity contribution in [3.63, 3.8) is 0 Å². The molecule has 1 heterocycles. The highest BCUT2D eigenvalue weighted by Gasteiger charge is 2.05. The van der Waals surface area contributed by atoms with Gasteiger partial charge >= 0.3 is 0 Å². The van der Waals surface area contributed by atoms with Crippen LogP contribution in [0.25, 0.3) is 0 Å². The summed E-state index contributed by atoms with van der Waals surface area (Å²) in [5.74, 6) is -0.233. The van der Waals surface area contributed by atoms with Crippen LogP contribution in [0.3, 0.4) is 0 Å². The number of hydrogen-bond donors (Lipinski definition) is 1. The van der Waals surface area contributed by atoms with Crippen LogP contribution in [0.1, 0.15) is 5.69 Å². The van der Waals surface area contributed by atoms with E-state index in [4.69, 9.17) is 0 Å². The SMILES string of the molecule is CNCc1cc(N(C)c2cccc(F)c2)ccn1. The summed E-state index contributed by atoms with van der Waals surface area (Å²) >= 11 is 0. The molecule has 0 radical (unpaired) electrons. The quantitative estimate of drug-likeness (QED) is 0.897. The Morgan fingerprint density at radius 2 is 2.00 bits per heavy atom. The van der Waals surface area contributed by atoms with Gasteiger partial charge in [0.25, 0.3) is 0 Å². The molecular formula is C14H16FN3. The zero-order chi connectivity index (χ0) is 13.0. The lowest BCUT2D eigenvalue weighted by atomic mass is 10.2. The summed E-state index contributed by atoms with van der Waals surface area (Å²) < 4.78 is 13.2. The summed E-state index contributed by atoms with van der Waals surface area (Å²) in [5.41, 5.74) is 2.76. The fourth-order valence-corrected chi connectivity index (χ4v) is 1.79. The van der Waals surface area contributed by atoms with Crippen molar-refractivity contribution < 1.29 is 4.39 Å². The van der Waals surface area contributed by atoms with Crippen LogP contribution >= 0.6 is 0 Å². The van der Waals surface area contributed by atoms with Crippen molar-refractivity contribution in [1.82, 2.24) is 10.3 Å². The maximum Gasteiger partial charge on any atom is 0.125 e. The Hall–Kier alpha value is -1.94. The van der Waals surface area contributed by atoms with E-state index in [9.17, 15) is 4.39 Å². The topological polar surface area (TPSA) is 28.2 Å². The van der Waals surface area contributed by atoms with E-state index in [0.29, 0.717) is 6.54 Å². The number of hydrogen-bond acceptors (Lipinski definition) is 3. The van der Waals surface area contributed by atoms with Gasteiger partial charge in [0, 0.05) is 31.2 Å². The third kappa shape index (κ3) is 2.84. The second-order valence-corrected chi connectivity index (χ2v) is 4.07. The Morgan fingerprint density at radius 3 is 2.72 bits per heavy atom. The second kappa shape index (κ2) is 5.60. The molecule has 0 saturated carbocycles. The second-order valence-electron chi connectivity index (χ2n) is 4.07. The van der Waals surface area contributed by atoms with Crippen molar-refractivity contribution >= 4 is 11.4 Å². The van der Waals surface area contributed by atoms with Crippen LogP contribution in [0, 0.1) is 5.82 Å². The standard InChI is InChI=1S/C14H16FN3/c1-16-10-12-9-14(6-7-17-12)18(2)13-5-3-4-11(15)8-13/h3-9,16H,10H2,1-2H3. The van der Waals surface area contributed by atoms with Gasteiger partial charge in [0.2, 0.25) is 0 Å². The van der Waals surface area contributed by atoms with Crippen molar-refractivity contribution in [3.05, 3.63) is 54.1 Å². The lowest BCUT2D eigenvalue weighted by Gasteiger charge is -2.20. The molecule has 0 fully saturated rings. The molecule has 1 aromatic carbocycles. The van der Waals surface area contributed by atoms with Crippen molar-refractivity contribution in [2.75, 3.05) is 19.0 Å². The monoisotopic (exact) mass is 245 g/mol. The molecule has 0 amide bonds. The number of nitrogens with one attached hydrogen (secondary N) is 1. The molecule has 94 valence electrons. The normalized spacial score (nSPS) is 10.4. The largest absolute Gasteiger partial charge is 0.344 e. The molecule has 4 heteroatoms. The summed E-state index contributed by atoms with van der Waals surface area (Å²) in [6, 6.07) is 10.4. The molecule has 0 bridgehead atoms. The Labute approximate surface area is 106 Å². The molecule has 0 aliphatic rings. The minimum absolute atomic E-state index is 0.233. The van der Waals surface area contributed by atoms with Crippen LogP contribution in [-0.2, 0) is 6.54 Å². The van der Waals surface area contributed by atoms with Gasteiger partial charge in [-0.2, -0.15) is 0 Å². The van der Waals surface area contributed by atoms with E-state index >= 15 is 0 Å². The average Bonchev–Trinajstić information content (AvgIpc) is 2.39. The first-order valence-electron chi connectivity index (χ1n) is 5.79. The minimum Gasteiger partial charge on any atom is -0.344 e. The average molecular weight is 245 g/mol. The molecule has 0 saturated heterocycles. The molecule has 18 heavy (non-hydrogen) atoms. The molecule has 0 spiro atoms. The third-order valence-electron chi connectivity index (χ3n) is 2.74. The van der Waals surface area contributed by atoms with Crippen molar-refractivity contribution in [2.45, 2.75) is 6.54 Å². The first-order chi connectivity index (χ1) is 8.70. The number of anilines is 2. The van der Waals surface area contributed by atoms with Gasteiger partial charge in [-0.15, -0.1) is 0 Å². The van der Waals surface area contributed by atoms with Gasteiger partial charge in [-0.25, -0.2) is 4.39 Å². The van der Waals surface area contributed by atoms with Gasteiger partial charge in [-0.05, 0) is 37.4 Å². The predicted molar refractivity (Wildman–Crippen MR) is 71.5 cm³/mol. The molecule has 0 aliphatic carbocycles. The molecule has 1 aromatic heterocycles. The fourth-order valence-electron chi connectivity index (χ4n) is 1.79. The van der Waals surface area contributed by atoms with Crippen LogP contribution in [-0.4, -0.2) is 19.1 Å². The first kappa shape index (κ1) is 12.5. The Balaban J connectivity index is 2.27. The molecule has 1 N–H and O–H groups in total. The van der Waals surface area contributed by atoms with Gasteiger partial charge < -0.3 is 10.2 Å². The smallest absolute Gasteiger partial charge is 0.125 e. The lowest BCUT2D eigenvalue weighted by Crippen LogP contribution is -2.12. The van der Waals surface area contributed by atoms with E-state index in [1.54, 1.807) is 12.3 Å². The van der Waals surface area contributed by atoms with Gasteiger partial charge in [-0.3, -0.25) is 4.98 Å². The molecule has 3 nitrogen and oxygen atoms in total. The number of pyridine rings is 1. The van der Waals surface area contributed by atoms with E-state index in [0.717, 1.165) is 17.1 Å². The highest BCUT2D eigenvalue weighted by Crippen LogP contribution is 2.23. The number of nitrogens with zero attached hydrogens (tertiary/aromatic N) is 2. The van der Waals surface area contributed by atoms with Crippen molar-refractivity contribution in [3.8, 4) is 0 Å². The van der Waals surface area contributed by atoms with Crippen LogP contribution in [0.4, 0.5) is 15.8 Å². The van der Waals surface area contributed by atoms with Crippen LogP contribution < -0.4 is 10.2 Å². The Morgan fingerprint density at radius 1 is 1.22 bits per heavy atom. The zero-order valence-electron chi connectivity index (χ0n) is 10.5. The van der Waals surface area contributed by atoms with Crippen molar-refractivity contribution in [2.24, 2.45) is 0 Å². The zero-order valence-corrected chi connectivity index (χ0v) is 10.5. The molecular weight excluding hydrogens is 229 g/mol. The predicted octanol–water partition coefficient (Wildman–Crippen LogP) is 2.71. The molecule has 2 aromatic rings. The summed E-state index contributed by atoms with van der Waals surface area (Å²) in [6.07, 6.45) is 1.76. The van der Waals surface area contributed by atoms with E-state index in [2.05, 4.69) is 10.3 Å². The molecule has 0 atom stereocenters. The molecule has 0 aliphatic heterocycles. The highest BCUT2D eigenvalue weighted by atomic mass is 19.1. The Kier molecular flexibility index (Phi) is 3.89. The molecule has 2 rings (SSSR count).